The van der Waals surface area contributed by atoms with Crippen molar-refractivity contribution in [3.05, 3.63) is 29.8 Å². The molecule has 0 fully saturated rings. The van der Waals surface area contributed by atoms with E-state index in [1.807, 2.05) is 19.1 Å². The minimum absolute atomic E-state index is 0.196. The van der Waals surface area contributed by atoms with Crippen LogP contribution in [0.15, 0.2) is 24.3 Å². The number of carbonyl (C=O) groups excluding carboxylic acids is 1. The molecule has 0 amide bonds. The number of ether oxygens (including phenoxy) is 1. The molecule has 1 rings (SSSR count). The Kier molecular flexibility index (Phi) is 3.50. The Hall–Kier alpha value is -1.31. The van der Waals surface area contributed by atoms with Crippen LogP contribution in [-0.2, 0) is 0 Å². The van der Waals surface area contributed by atoms with Gasteiger partial charge in [-0.15, -0.1) is 0 Å². The number of rotatable bonds is 4. The summed E-state index contributed by atoms with van der Waals surface area (Å²) in [4.78, 5) is 10.5. The minimum Gasteiger partial charge on any atom is -0.491 e. The largest absolute Gasteiger partial charge is 0.491 e. The SMILES string of the molecule is CC[C@@H](C)Oc1cccc(C=O)c1. The summed E-state index contributed by atoms with van der Waals surface area (Å²) in [5, 5.41) is 0. The first-order valence-electron chi connectivity index (χ1n) is 4.48. The maximum absolute atomic E-state index is 10.5. The van der Waals surface area contributed by atoms with Gasteiger partial charge in [-0.1, -0.05) is 19.1 Å². The average molecular weight is 178 g/mol. The minimum atomic E-state index is 0.196. The number of hydrogen-bond acceptors (Lipinski definition) is 2. The van der Waals surface area contributed by atoms with Crippen molar-refractivity contribution in [1.82, 2.24) is 0 Å². The molecule has 70 valence electrons. The zero-order valence-electron chi connectivity index (χ0n) is 7.99. The molecule has 0 radical (unpaired) electrons. The topological polar surface area (TPSA) is 26.3 Å². The average Bonchev–Trinajstić information content (AvgIpc) is 2.18. The van der Waals surface area contributed by atoms with E-state index in [2.05, 4.69) is 6.92 Å². The predicted octanol–water partition coefficient (Wildman–Crippen LogP) is 2.68. The first kappa shape index (κ1) is 9.78. The van der Waals surface area contributed by atoms with Crippen molar-refractivity contribution in [3.8, 4) is 5.75 Å². The first-order valence-corrected chi connectivity index (χ1v) is 4.48. The van der Waals surface area contributed by atoms with Gasteiger partial charge in [0.15, 0.2) is 0 Å². The van der Waals surface area contributed by atoms with Gasteiger partial charge in [-0.05, 0) is 25.5 Å². The number of carbonyl (C=O) groups is 1. The summed E-state index contributed by atoms with van der Waals surface area (Å²) in [6.45, 7) is 4.07. The lowest BCUT2D eigenvalue weighted by molar-refractivity contribution is 0.112. The molecule has 0 saturated heterocycles. The second-order valence-corrected chi connectivity index (χ2v) is 3.03. The molecule has 0 aromatic heterocycles. The molecule has 0 heterocycles. The standard InChI is InChI=1S/C11H14O2/c1-3-9(2)13-11-6-4-5-10(7-11)8-12/h4-9H,3H2,1-2H3/t9-/m1/s1. The van der Waals surface area contributed by atoms with Crippen molar-refractivity contribution >= 4 is 6.29 Å². The van der Waals surface area contributed by atoms with Crippen LogP contribution in [0.25, 0.3) is 0 Å². The van der Waals surface area contributed by atoms with Crippen LogP contribution in [0.5, 0.6) is 5.75 Å². The van der Waals surface area contributed by atoms with Gasteiger partial charge < -0.3 is 4.74 Å². The summed E-state index contributed by atoms with van der Waals surface area (Å²) in [6.07, 6.45) is 1.98. The Morgan fingerprint density at radius 3 is 2.92 bits per heavy atom. The van der Waals surface area contributed by atoms with Gasteiger partial charge in [-0.3, -0.25) is 4.79 Å². The summed E-state index contributed by atoms with van der Waals surface area (Å²) in [5.74, 6) is 0.763. The van der Waals surface area contributed by atoms with Crippen molar-refractivity contribution in [1.29, 1.82) is 0 Å². The van der Waals surface area contributed by atoms with E-state index in [1.165, 1.54) is 0 Å². The van der Waals surface area contributed by atoms with Gasteiger partial charge in [-0.25, -0.2) is 0 Å². The predicted molar refractivity (Wildman–Crippen MR) is 52.2 cm³/mol. The fraction of sp³-hybridized carbons (Fsp3) is 0.364. The lowest BCUT2D eigenvalue weighted by Crippen LogP contribution is -2.09. The van der Waals surface area contributed by atoms with E-state index in [0.29, 0.717) is 5.56 Å². The van der Waals surface area contributed by atoms with E-state index in [4.69, 9.17) is 4.74 Å². The van der Waals surface area contributed by atoms with Crippen molar-refractivity contribution < 1.29 is 9.53 Å². The summed E-state index contributed by atoms with van der Waals surface area (Å²) >= 11 is 0. The molecule has 0 aliphatic rings. The van der Waals surface area contributed by atoms with Crippen LogP contribution in [0, 0.1) is 0 Å². The smallest absolute Gasteiger partial charge is 0.150 e. The third-order valence-electron chi connectivity index (χ3n) is 1.91. The summed E-state index contributed by atoms with van der Waals surface area (Å²) in [5.41, 5.74) is 0.654. The molecule has 1 aromatic rings. The molecule has 0 aliphatic carbocycles. The maximum atomic E-state index is 10.5. The molecule has 0 bridgehead atoms. The maximum Gasteiger partial charge on any atom is 0.150 e. The second kappa shape index (κ2) is 4.65. The Labute approximate surface area is 78.5 Å². The number of benzene rings is 1. The number of aldehydes is 1. The van der Waals surface area contributed by atoms with Gasteiger partial charge in [0.05, 0.1) is 6.10 Å². The zero-order valence-corrected chi connectivity index (χ0v) is 7.99. The highest BCUT2D eigenvalue weighted by Gasteiger charge is 2.00. The van der Waals surface area contributed by atoms with E-state index in [-0.39, 0.29) is 6.10 Å². The third kappa shape index (κ3) is 2.90. The molecule has 0 spiro atoms. The van der Waals surface area contributed by atoms with Gasteiger partial charge in [0, 0.05) is 5.56 Å². The van der Waals surface area contributed by atoms with Crippen molar-refractivity contribution in [2.24, 2.45) is 0 Å². The summed E-state index contributed by atoms with van der Waals surface area (Å²) in [7, 11) is 0. The highest BCUT2D eigenvalue weighted by Crippen LogP contribution is 2.14. The molecule has 2 heteroatoms. The van der Waals surface area contributed by atoms with E-state index >= 15 is 0 Å². The monoisotopic (exact) mass is 178 g/mol. The molecule has 2 nitrogen and oxygen atoms in total. The lowest BCUT2D eigenvalue weighted by Gasteiger charge is -2.12. The molecule has 13 heavy (non-hydrogen) atoms. The number of hydrogen-bond donors (Lipinski definition) is 0. The van der Waals surface area contributed by atoms with Crippen molar-refractivity contribution in [2.75, 3.05) is 0 Å². The Balaban J connectivity index is 2.71. The van der Waals surface area contributed by atoms with Crippen LogP contribution >= 0.6 is 0 Å². The Morgan fingerprint density at radius 1 is 1.54 bits per heavy atom. The highest BCUT2D eigenvalue weighted by atomic mass is 16.5. The van der Waals surface area contributed by atoms with Gasteiger partial charge in [0.2, 0.25) is 0 Å². The van der Waals surface area contributed by atoms with Crippen LogP contribution in [0.1, 0.15) is 30.6 Å². The van der Waals surface area contributed by atoms with Crippen LogP contribution in [0.2, 0.25) is 0 Å². The fourth-order valence-electron chi connectivity index (χ4n) is 0.977. The fourth-order valence-corrected chi connectivity index (χ4v) is 0.977. The summed E-state index contributed by atoms with van der Waals surface area (Å²) < 4.78 is 5.55. The van der Waals surface area contributed by atoms with E-state index in [9.17, 15) is 4.79 Å². The van der Waals surface area contributed by atoms with Gasteiger partial charge in [0.1, 0.15) is 12.0 Å². The normalized spacial score (nSPS) is 12.2. The highest BCUT2D eigenvalue weighted by molar-refractivity contribution is 5.75. The van der Waals surface area contributed by atoms with Gasteiger partial charge >= 0.3 is 0 Å². The zero-order chi connectivity index (χ0) is 9.68. The molecular formula is C11H14O2. The molecule has 1 aromatic carbocycles. The van der Waals surface area contributed by atoms with Crippen molar-refractivity contribution in [2.45, 2.75) is 26.4 Å². The van der Waals surface area contributed by atoms with Crippen LogP contribution < -0.4 is 4.74 Å². The van der Waals surface area contributed by atoms with E-state index in [1.54, 1.807) is 12.1 Å². The van der Waals surface area contributed by atoms with Crippen LogP contribution in [0.4, 0.5) is 0 Å². The molecule has 0 unspecified atom stereocenters. The van der Waals surface area contributed by atoms with Gasteiger partial charge in [-0.2, -0.15) is 0 Å². The van der Waals surface area contributed by atoms with Crippen molar-refractivity contribution in [3.63, 3.8) is 0 Å². The Morgan fingerprint density at radius 2 is 2.31 bits per heavy atom. The molecule has 0 saturated carbocycles. The third-order valence-corrected chi connectivity index (χ3v) is 1.91. The molecule has 0 N–H and O–H groups in total. The quantitative estimate of drug-likeness (QED) is 0.662. The van der Waals surface area contributed by atoms with Gasteiger partial charge in [0.25, 0.3) is 0 Å². The van der Waals surface area contributed by atoms with Crippen LogP contribution in [0.3, 0.4) is 0 Å². The molecular weight excluding hydrogens is 164 g/mol. The second-order valence-electron chi connectivity index (χ2n) is 3.03. The lowest BCUT2D eigenvalue weighted by atomic mass is 10.2. The first-order chi connectivity index (χ1) is 6.26. The summed E-state index contributed by atoms with van der Waals surface area (Å²) in [6, 6.07) is 7.19. The van der Waals surface area contributed by atoms with E-state index in [0.717, 1.165) is 18.5 Å². The molecule has 1 atom stereocenters. The van der Waals surface area contributed by atoms with E-state index < -0.39 is 0 Å². The molecule has 0 aliphatic heterocycles. The van der Waals surface area contributed by atoms with Crippen LogP contribution in [-0.4, -0.2) is 12.4 Å². The Bertz CT molecular complexity index is 281.